The predicted octanol–water partition coefficient (Wildman–Crippen LogP) is 4.62. The van der Waals surface area contributed by atoms with Crippen molar-refractivity contribution in [2.24, 2.45) is 0 Å². The molecule has 2 aromatic rings. The smallest absolute Gasteiger partial charge is 0.341 e. The predicted molar refractivity (Wildman–Crippen MR) is 129 cm³/mol. The number of carbonyl (C=O) groups is 4. The van der Waals surface area contributed by atoms with Crippen LogP contribution in [-0.2, 0) is 31.9 Å². The van der Waals surface area contributed by atoms with E-state index in [9.17, 15) is 19.2 Å². The summed E-state index contributed by atoms with van der Waals surface area (Å²) < 4.78 is 10.6. The molecular weight excluding hydrogens is 464 g/mol. The van der Waals surface area contributed by atoms with Crippen molar-refractivity contribution < 1.29 is 28.7 Å². The number of carbonyl (C=O) groups excluding carboxylic acids is 4. The number of hydrogen-bond acceptors (Lipinski definition) is 8. The van der Waals surface area contributed by atoms with Crippen molar-refractivity contribution in [2.75, 3.05) is 17.2 Å². The fourth-order valence-corrected chi connectivity index (χ4v) is 6.02. The summed E-state index contributed by atoms with van der Waals surface area (Å²) in [6, 6.07) is 0. The van der Waals surface area contributed by atoms with Crippen molar-refractivity contribution in [1.82, 2.24) is 0 Å². The summed E-state index contributed by atoms with van der Waals surface area (Å²) in [7, 11) is 0. The first kappa shape index (κ1) is 24.9. The highest BCUT2D eigenvalue weighted by atomic mass is 32.1. The van der Waals surface area contributed by atoms with Gasteiger partial charge in [0.2, 0.25) is 5.91 Å². The van der Waals surface area contributed by atoms with E-state index in [-0.39, 0.29) is 17.6 Å². The number of fused-ring (bicyclic) bond motifs is 1. The third-order valence-electron chi connectivity index (χ3n) is 5.18. The van der Waals surface area contributed by atoms with E-state index in [4.69, 9.17) is 9.47 Å². The van der Waals surface area contributed by atoms with Crippen LogP contribution < -0.4 is 10.6 Å². The molecule has 0 spiro atoms. The van der Waals surface area contributed by atoms with E-state index in [1.165, 1.54) is 29.6 Å². The molecule has 1 aliphatic rings. The molecule has 33 heavy (non-hydrogen) atoms. The summed E-state index contributed by atoms with van der Waals surface area (Å²) in [5, 5.41) is 6.19. The van der Waals surface area contributed by atoms with Crippen LogP contribution in [0.25, 0.3) is 0 Å². The quantitative estimate of drug-likeness (QED) is 0.546. The van der Waals surface area contributed by atoms with Gasteiger partial charge in [-0.1, -0.05) is 0 Å². The number of thiophene rings is 2. The molecule has 0 saturated heterocycles. The highest BCUT2D eigenvalue weighted by molar-refractivity contribution is 7.17. The van der Waals surface area contributed by atoms with Gasteiger partial charge in [-0.05, 0) is 64.5 Å². The molecule has 0 aromatic carbocycles. The molecule has 8 nitrogen and oxygen atoms in total. The monoisotopic (exact) mass is 492 g/mol. The van der Waals surface area contributed by atoms with Gasteiger partial charge in [-0.25, -0.2) is 9.59 Å². The van der Waals surface area contributed by atoms with E-state index < -0.39 is 24.5 Å². The third kappa shape index (κ3) is 5.80. The SMILES string of the molecule is CC(=O)Nc1sc(C)c(C)c1C(=O)OCC(=O)Nc1sc2c(c1C(=O)OC(C)C)CCCC2. The van der Waals surface area contributed by atoms with Crippen LogP contribution in [-0.4, -0.2) is 36.5 Å². The summed E-state index contributed by atoms with van der Waals surface area (Å²) in [5.41, 5.74) is 2.28. The molecule has 0 fully saturated rings. The Balaban J connectivity index is 1.73. The first-order valence-electron chi connectivity index (χ1n) is 10.8. The van der Waals surface area contributed by atoms with E-state index in [2.05, 4.69) is 10.6 Å². The van der Waals surface area contributed by atoms with Gasteiger partial charge in [-0.15, -0.1) is 22.7 Å². The molecule has 0 unspecified atom stereocenters. The Bertz CT molecular complexity index is 1100. The maximum Gasteiger partial charge on any atom is 0.341 e. The maximum absolute atomic E-state index is 12.7. The molecule has 0 atom stereocenters. The van der Waals surface area contributed by atoms with Gasteiger partial charge in [0.05, 0.1) is 17.2 Å². The van der Waals surface area contributed by atoms with Gasteiger partial charge in [0.1, 0.15) is 10.0 Å². The van der Waals surface area contributed by atoms with Crippen molar-refractivity contribution in [3.8, 4) is 0 Å². The van der Waals surface area contributed by atoms with Crippen LogP contribution in [0.3, 0.4) is 0 Å². The molecule has 1 aliphatic carbocycles. The number of nitrogens with one attached hydrogen (secondary N) is 2. The number of hydrogen-bond donors (Lipinski definition) is 2. The van der Waals surface area contributed by atoms with E-state index in [1.54, 1.807) is 20.8 Å². The highest BCUT2D eigenvalue weighted by Crippen LogP contribution is 2.39. The van der Waals surface area contributed by atoms with E-state index in [1.807, 2.05) is 6.92 Å². The maximum atomic E-state index is 12.7. The number of rotatable bonds is 7. The lowest BCUT2D eigenvalue weighted by atomic mass is 9.95. The average molecular weight is 493 g/mol. The summed E-state index contributed by atoms with van der Waals surface area (Å²) >= 11 is 2.65. The molecule has 0 saturated carbocycles. The largest absolute Gasteiger partial charge is 0.459 e. The Morgan fingerprint density at radius 3 is 2.27 bits per heavy atom. The van der Waals surface area contributed by atoms with Crippen molar-refractivity contribution in [3.05, 3.63) is 32.0 Å². The molecule has 2 aromatic heterocycles. The van der Waals surface area contributed by atoms with Crippen LogP contribution in [0.4, 0.5) is 10.0 Å². The van der Waals surface area contributed by atoms with Gasteiger partial charge in [0, 0.05) is 16.7 Å². The molecule has 2 N–H and O–H groups in total. The summed E-state index contributed by atoms with van der Waals surface area (Å²) in [4.78, 5) is 51.4. The second-order valence-corrected chi connectivity index (χ2v) is 10.5. The van der Waals surface area contributed by atoms with Crippen LogP contribution >= 0.6 is 22.7 Å². The molecule has 10 heteroatoms. The summed E-state index contributed by atoms with van der Waals surface area (Å²) in [5.74, 6) is -2.00. The Hall–Kier alpha value is -2.72. The second-order valence-electron chi connectivity index (χ2n) is 8.16. The lowest BCUT2D eigenvalue weighted by Crippen LogP contribution is -2.23. The van der Waals surface area contributed by atoms with E-state index >= 15 is 0 Å². The van der Waals surface area contributed by atoms with Crippen LogP contribution in [0.5, 0.6) is 0 Å². The van der Waals surface area contributed by atoms with Crippen molar-refractivity contribution >= 4 is 56.4 Å². The Labute approximate surface area is 200 Å². The van der Waals surface area contributed by atoms with Gasteiger partial charge in [0.25, 0.3) is 5.91 Å². The zero-order valence-electron chi connectivity index (χ0n) is 19.4. The number of amides is 2. The van der Waals surface area contributed by atoms with Gasteiger partial charge < -0.3 is 20.1 Å². The lowest BCUT2D eigenvalue weighted by molar-refractivity contribution is -0.119. The lowest BCUT2D eigenvalue weighted by Gasteiger charge is -2.14. The normalized spacial score (nSPS) is 12.8. The van der Waals surface area contributed by atoms with Crippen molar-refractivity contribution in [3.63, 3.8) is 0 Å². The summed E-state index contributed by atoms with van der Waals surface area (Å²) in [6.45, 7) is 7.99. The average Bonchev–Trinajstić information content (AvgIpc) is 3.21. The Morgan fingerprint density at radius 2 is 1.61 bits per heavy atom. The fourth-order valence-electron chi connectivity index (χ4n) is 3.63. The first-order valence-corrected chi connectivity index (χ1v) is 12.4. The molecule has 0 radical (unpaired) electrons. The van der Waals surface area contributed by atoms with E-state index in [0.717, 1.165) is 41.0 Å². The minimum absolute atomic E-state index is 0.244. The molecule has 3 rings (SSSR count). The Kier molecular flexibility index (Phi) is 7.91. The van der Waals surface area contributed by atoms with Gasteiger partial charge in [0.15, 0.2) is 6.61 Å². The van der Waals surface area contributed by atoms with Crippen LogP contribution in [0.2, 0.25) is 0 Å². The standard InChI is InChI=1S/C23H28N2O6S2/c1-11(2)31-23(29)19-15-8-6-7-9-16(15)33-21(19)25-17(27)10-30-22(28)18-12(3)13(4)32-20(18)24-14(5)26/h11H,6-10H2,1-5H3,(H,24,26)(H,25,27). The molecule has 178 valence electrons. The second kappa shape index (κ2) is 10.5. The minimum atomic E-state index is -0.694. The number of esters is 2. The Morgan fingerprint density at radius 1 is 0.939 bits per heavy atom. The van der Waals surface area contributed by atoms with Gasteiger partial charge in [-0.3, -0.25) is 9.59 Å². The molecule has 2 heterocycles. The minimum Gasteiger partial charge on any atom is -0.459 e. The molecule has 0 aliphatic heterocycles. The van der Waals surface area contributed by atoms with Crippen molar-refractivity contribution in [2.45, 2.75) is 66.4 Å². The molecule has 2 amide bonds. The van der Waals surface area contributed by atoms with Crippen LogP contribution in [0, 0.1) is 13.8 Å². The van der Waals surface area contributed by atoms with Gasteiger partial charge >= 0.3 is 11.9 Å². The molecule has 0 bridgehead atoms. The third-order valence-corrected chi connectivity index (χ3v) is 7.51. The highest BCUT2D eigenvalue weighted by Gasteiger charge is 2.28. The fraction of sp³-hybridized carbons (Fsp3) is 0.478. The summed E-state index contributed by atoms with van der Waals surface area (Å²) in [6.07, 6.45) is 3.36. The van der Waals surface area contributed by atoms with Crippen molar-refractivity contribution in [1.29, 1.82) is 0 Å². The van der Waals surface area contributed by atoms with Crippen LogP contribution in [0.15, 0.2) is 0 Å². The zero-order valence-corrected chi connectivity index (χ0v) is 21.0. The molecular formula is C23H28N2O6S2. The first-order chi connectivity index (χ1) is 15.6. The zero-order chi connectivity index (χ0) is 24.3. The number of anilines is 2. The van der Waals surface area contributed by atoms with Gasteiger partial charge in [-0.2, -0.15) is 0 Å². The topological polar surface area (TPSA) is 111 Å². The van der Waals surface area contributed by atoms with E-state index in [0.29, 0.717) is 21.1 Å². The van der Waals surface area contributed by atoms with Crippen LogP contribution in [0.1, 0.15) is 75.2 Å². The number of ether oxygens (including phenoxy) is 2. The number of aryl methyl sites for hydroxylation is 2.